The van der Waals surface area contributed by atoms with Crippen molar-refractivity contribution in [2.45, 2.75) is 37.8 Å². The van der Waals surface area contributed by atoms with Crippen LogP contribution in [0.2, 0.25) is 0 Å². The third kappa shape index (κ3) is 2.99. The van der Waals surface area contributed by atoms with Crippen molar-refractivity contribution in [1.29, 1.82) is 0 Å². The van der Waals surface area contributed by atoms with Crippen molar-refractivity contribution in [3.8, 4) is 0 Å². The van der Waals surface area contributed by atoms with E-state index in [-0.39, 0.29) is 11.9 Å². The van der Waals surface area contributed by atoms with E-state index in [1.54, 1.807) is 41.6 Å². The van der Waals surface area contributed by atoms with Crippen molar-refractivity contribution in [3.63, 3.8) is 0 Å². The van der Waals surface area contributed by atoms with Gasteiger partial charge in [0.25, 0.3) is 0 Å². The first-order valence-electron chi connectivity index (χ1n) is 10.6. The van der Waals surface area contributed by atoms with E-state index in [0.29, 0.717) is 29.6 Å². The lowest BCUT2D eigenvalue weighted by Gasteiger charge is -2.34. The first-order chi connectivity index (χ1) is 15.2. The summed E-state index contributed by atoms with van der Waals surface area (Å²) < 4.78 is 15.8. The minimum Gasteiger partial charge on any atom is -0.388 e. The number of hydrogen-bond acceptors (Lipinski definition) is 6. The summed E-state index contributed by atoms with van der Waals surface area (Å²) >= 11 is 0. The Hall–Kier alpha value is -3.33. The topological polar surface area (TPSA) is 95.2 Å². The second kappa shape index (κ2) is 7.12. The first-order valence-corrected chi connectivity index (χ1v) is 10.6. The summed E-state index contributed by atoms with van der Waals surface area (Å²) in [6.07, 6.45) is 10.3. The Balaban J connectivity index is 1.39. The van der Waals surface area contributed by atoms with E-state index in [2.05, 4.69) is 25.0 Å². The number of nitrogens with zero attached hydrogens (tertiary/aromatic N) is 6. The van der Waals surface area contributed by atoms with Crippen molar-refractivity contribution in [2.75, 3.05) is 11.4 Å². The smallest absolute Gasteiger partial charge is 0.226 e. The molecule has 2 N–H and O–H groups in total. The maximum atomic E-state index is 14.3. The van der Waals surface area contributed by atoms with Crippen LogP contribution in [0.25, 0.3) is 5.52 Å². The molecule has 1 saturated carbocycles. The first kappa shape index (κ1) is 18.4. The molecular weight excluding hydrogens is 397 g/mol. The van der Waals surface area contributed by atoms with Gasteiger partial charge in [0.15, 0.2) is 0 Å². The SMILES string of the molecule is OC(c1cnc(N2CCc3[nH]cnc3[C@H]2c2cc3c(F)cccn3n2)nc1)C1CCC1. The van der Waals surface area contributed by atoms with Crippen LogP contribution in [0.3, 0.4) is 0 Å². The predicted molar refractivity (Wildman–Crippen MR) is 111 cm³/mol. The van der Waals surface area contributed by atoms with Crippen molar-refractivity contribution < 1.29 is 9.50 Å². The molecule has 1 aliphatic heterocycles. The number of aliphatic hydroxyl groups excluding tert-OH is 1. The van der Waals surface area contributed by atoms with Crippen LogP contribution in [-0.4, -0.2) is 41.2 Å². The number of aromatic nitrogens is 6. The molecule has 1 aliphatic carbocycles. The van der Waals surface area contributed by atoms with Crippen molar-refractivity contribution in [3.05, 3.63) is 71.6 Å². The normalized spacial score (nSPS) is 19.9. The largest absolute Gasteiger partial charge is 0.388 e. The minimum absolute atomic E-state index is 0.302. The van der Waals surface area contributed by atoms with Gasteiger partial charge in [-0.1, -0.05) is 6.42 Å². The van der Waals surface area contributed by atoms with Gasteiger partial charge in [0, 0.05) is 42.8 Å². The molecule has 0 aromatic carbocycles. The number of halogens is 1. The summed E-state index contributed by atoms with van der Waals surface area (Å²) in [6.45, 7) is 0.667. The molecular formula is C22H22FN7O. The fourth-order valence-corrected chi connectivity index (χ4v) is 4.59. The van der Waals surface area contributed by atoms with Crippen LogP contribution in [0.15, 0.2) is 43.1 Å². The standard InChI is InChI=1S/C22H22FN7O/c23-15-5-2-7-30-18(15)9-17(28-30)20-19-16(26-12-27-19)6-8-29(20)22-24-10-14(11-25-22)21(31)13-3-1-4-13/h2,5,7,9-13,20-21,31H,1,3-4,6,8H2,(H,26,27)/t20-,21?/m1/s1. The number of H-pyrrole nitrogens is 1. The van der Waals surface area contributed by atoms with Gasteiger partial charge in [-0.2, -0.15) is 5.10 Å². The van der Waals surface area contributed by atoms with Gasteiger partial charge in [0.05, 0.1) is 23.8 Å². The van der Waals surface area contributed by atoms with Crippen LogP contribution in [0.5, 0.6) is 0 Å². The molecule has 31 heavy (non-hydrogen) atoms. The summed E-state index contributed by atoms with van der Waals surface area (Å²) in [4.78, 5) is 18.9. The number of aliphatic hydroxyl groups is 1. The number of nitrogens with one attached hydrogen (secondary N) is 1. The molecule has 9 heteroatoms. The number of fused-ring (bicyclic) bond motifs is 2. The van der Waals surface area contributed by atoms with E-state index in [0.717, 1.165) is 36.2 Å². The number of pyridine rings is 1. The molecule has 0 amide bonds. The summed E-state index contributed by atoms with van der Waals surface area (Å²) in [6, 6.07) is 4.48. The third-order valence-electron chi connectivity index (χ3n) is 6.53. The molecule has 1 unspecified atom stereocenters. The molecule has 2 atom stereocenters. The Morgan fingerprint density at radius 3 is 2.77 bits per heavy atom. The Morgan fingerprint density at radius 1 is 1.19 bits per heavy atom. The second-order valence-corrected chi connectivity index (χ2v) is 8.32. The molecule has 1 fully saturated rings. The molecule has 5 heterocycles. The maximum absolute atomic E-state index is 14.3. The molecule has 2 aliphatic rings. The number of hydrogen-bond donors (Lipinski definition) is 2. The molecule has 0 radical (unpaired) electrons. The summed E-state index contributed by atoms with van der Waals surface area (Å²) in [5, 5.41) is 15.1. The molecule has 4 aromatic heterocycles. The lowest BCUT2D eigenvalue weighted by Crippen LogP contribution is -2.37. The van der Waals surface area contributed by atoms with Crippen molar-refractivity contribution >= 4 is 11.5 Å². The molecule has 4 aromatic rings. The van der Waals surface area contributed by atoms with Gasteiger partial charge >= 0.3 is 0 Å². The Labute approximate surface area is 177 Å². The highest BCUT2D eigenvalue weighted by Crippen LogP contribution is 2.38. The van der Waals surface area contributed by atoms with E-state index in [4.69, 9.17) is 0 Å². The Kier molecular flexibility index (Phi) is 4.24. The molecule has 0 bridgehead atoms. The molecule has 158 valence electrons. The lowest BCUT2D eigenvalue weighted by molar-refractivity contribution is 0.0615. The van der Waals surface area contributed by atoms with E-state index in [1.807, 2.05) is 4.90 Å². The van der Waals surface area contributed by atoms with Gasteiger partial charge in [0.2, 0.25) is 5.95 Å². The van der Waals surface area contributed by atoms with Crippen LogP contribution in [0.4, 0.5) is 10.3 Å². The number of aromatic amines is 1. The molecule has 0 spiro atoms. The molecule has 0 saturated heterocycles. The van der Waals surface area contributed by atoms with Gasteiger partial charge < -0.3 is 15.0 Å². The predicted octanol–water partition coefficient (Wildman–Crippen LogP) is 2.97. The van der Waals surface area contributed by atoms with Crippen LogP contribution in [-0.2, 0) is 6.42 Å². The van der Waals surface area contributed by atoms with Crippen LogP contribution < -0.4 is 4.90 Å². The van der Waals surface area contributed by atoms with E-state index in [1.165, 1.54) is 12.5 Å². The number of imidazole rings is 1. The Morgan fingerprint density at radius 2 is 2.03 bits per heavy atom. The van der Waals surface area contributed by atoms with Crippen LogP contribution >= 0.6 is 0 Å². The fraction of sp³-hybridized carbons (Fsp3) is 0.364. The number of anilines is 1. The second-order valence-electron chi connectivity index (χ2n) is 8.32. The summed E-state index contributed by atoms with van der Waals surface area (Å²) in [5.41, 5.74) is 3.73. The summed E-state index contributed by atoms with van der Waals surface area (Å²) in [5.74, 6) is 0.522. The Bertz CT molecular complexity index is 1230. The maximum Gasteiger partial charge on any atom is 0.226 e. The third-order valence-corrected chi connectivity index (χ3v) is 6.53. The van der Waals surface area contributed by atoms with Gasteiger partial charge in [-0.05, 0) is 37.0 Å². The fourth-order valence-electron chi connectivity index (χ4n) is 4.59. The monoisotopic (exact) mass is 419 g/mol. The average Bonchev–Trinajstić information content (AvgIpc) is 3.39. The lowest BCUT2D eigenvalue weighted by atomic mass is 9.79. The average molecular weight is 419 g/mol. The van der Waals surface area contributed by atoms with Gasteiger partial charge in [-0.25, -0.2) is 23.9 Å². The quantitative estimate of drug-likeness (QED) is 0.528. The van der Waals surface area contributed by atoms with E-state index in [9.17, 15) is 9.50 Å². The van der Waals surface area contributed by atoms with Gasteiger partial charge in [-0.15, -0.1) is 0 Å². The van der Waals surface area contributed by atoms with Gasteiger partial charge in [0.1, 0.15) is 17.4 Å². The minimum atomic E-state index is -0.515. The molecule has 8 nitrogen and oxygen atoms in total. The van der Waals surface area contributed by atoms with E-state index < -0.39 is 6.10 Å². The zero-order valence-corrected chi connectivity index (χ0v) is 16.8. The highest BCUT2D eigenvalue weighted by molar-refractivity contribution is 5.53. The van der Waals surface area contributed by atoms with Crippen molar-refractivity contribution in [2.24, 2.45) is 5.92 Å². The number of rotatable bonds is 4. The highest BCUT2D eigenvalue weighted by atomic mass is 19.1. The highest BCUT2D eigenvalue weighted by Gasteiger charge is 2.35. The zero-order valence-electron chi connectivity index (χ0n) is 16.8. The van der Waals surface area contributed by atoms with Gasteiger partial charge in [-0.3, -0.25) is 0 Å². The van der Waals surface area contributed by atoms with E-state index >= 15 is 0 Å². The summed E-state index contributed by atoms with van der Waals surface area (Å²) in [7, 11) is 0. The molecule has 6 rings (SSSR count). The zero-order chi connectivity index (χ0) is 20.9. The van der Waals surface area contributed by atoms with Crippen molar-refractivity contribution in [1.82, 2.24) is 29.5 Å². The van der Waals surface area contributed by atoms with Crippen LogP contribution in [0.1, 0.15) is 54.1 Å². The van der Waals surface area contributed by atoms with Crippen LogP contribution in [0, 0.1) is 11.7 Å².